The van der Waals surface area contributed by atoms with E-state index in [-0.39, 0.29) is 11.5 Å². The maximum absolute atomic E-state index is 10.8. The molecule has 1 fully saturated rings. The number of benzene rings is 1. The average Bonchev–Trinajstić information content (AvgIpc) is 2.66. The molecule has 1 aromatic rings. The molecule has 5 N–H and O–H groups in total. The first-order chi connectivity index (χ1) is 13.1. The van der Waals surface area contributed by atoms with Gasteiger partial charge in [0.25, 0.3) is 0 Å². The van der Waals surface area contributed by atoms with E-state index in [0.717, 1.165) is 0 Å². The van der Waals surface area contributed by atoms with Gasteiger partial charge in [0, 0.05) is 6.42 Å². The van der Waals surface area contributed by atoms with Crippen molar-refractivity contribution >= 4 is 27.2 Å². The van der Waals surface area contributed by atoms with Gasteiger partial charge >= 0.3 is 10.4 Å². The van der Waals surface area contributed by atoms with E-state index in [9.17, 15) is 28.8 Å². The minimum atomic E-state index is -4.87. The largest absolute Gasteiger partial charge is 0.497 e. The van der Waals surface area contributed by atoms with Crippen molar-refractivity contribution in [2.75, 3.05) is 13.7 Å². The molecular weight excluding hydrogens is 418 g/mol. The molecule has 11 nitrogen and oxygen atoms in total. The molecule has 13 heteroatoms. The van der Waals surface area contributed by atoms with E-state index in [4.69, 9.17) is 14.0 Å². The van der Waals surface area contributed by atoms with Crippen LogP contribution in [-0.4, -0.2) is 82.0 Å². The van der Waals surface area contributed by atoms with Crippen molar-refractivity contribution in [1.82, 2.24) is 0 Å². The molecular formula is C15H21NO10S2. The van der Waals surface area contributed by atoms with Gasteiger partial charge in [-0.1, -0.05) is 29.1 Å². The highest BCUT2D eigenvalue weighted by atomic mass is 32.3. The number of methoxy groups -OCH3 is 1. The monoisotopic (exact) mass is 439 g/mol. The zero-order chi connectivity index (χ0) is 20.9. The average molecular weight is 439 g/mol. The molecule has 0 aliphatic carbocycles. The number of ether oxygens (including phenoxy) is 2. The van der Waals surface area contributed by atoms with Crippen LogP contribution in [-0.2, 0) is 25.8 Å². The Bertz CT molecular complexity index is 785. The van der Waals surface area contributed by atoms with Crippen molar-refractivity contribution < 1.29 is 47.2 Å². The van der Waals surface area contributed by atoms with Crippen LogP contribution >= 0.6 is 11.8 Å². The Labute approximate surface area is 165 Å². The van der Waals surface area contributed by atoms with Crippen LogP contribution in [0, 0.1) is 0 Å². The van der Waals surface area contributed by atoms with Gasteiger partial charge in [0.15, 0.2) is 0 Å². The summed E-state index contributed by atoms with van der Waals surface area (Å²) in [6.07, 6.45) is -5.85. The number of oxime groups is 1. The molecule has 5 atom stereocenters. The van der Waals surface area contributed by atoms with Gasteiger partial charge in [-0.15, -0.1) is 0 Å². The topological polar surface area (TPSA) is 175 Å². The van der Waals surface area contributed by atoms with Gasteiger partial charge in [0.2, 0.25) is 0 Å². The lowest BCUT2D eigenvalue weighted by molar-refractivity contribution is -0.205. The van der Waals surface area contributed by atoms with Crippen LogP contribution in [0.25, 0.3) is 0 Å². The first-order valence-corrected chi connectivity index (χ1v) is 10.2. The lowest BCUT2D eigenvalue weighted by Crippen LogP contribution is -2.57. The summed E-state index contributed by atoms with van der Waals surface area (Å²) in [7, 11) is -3.40. The third kappa shape index (κ3) is 6.28. The summed E-state index contributed by atoms with van der Waals surface area (Å²) in [5.41, 5.74) is -0.570. The predicted molar refractivity (Wildman–Crippen MR) is 98.1 cm³/mol. The molecule has 158 valence electrons. The molecule has 0 saturated carbocycles. The molecule has 1 saturated heterocycles. The van der Waals surface area contributed by atoms with Gasteiger partial charge in [-0.05, 0) is 17.7 Å². The van der Waals surface area contributed by atoms with Crippen LogP contribution in [0.1, 0.15) is 5.56 Å². The Morgan fingerprint density at radius 1 is 1.25 bits per heavy atom. The second kappa shape index (κ2) is 9.84. The summed E-state index contributed by atoms with van der Waals surface area (Å²) >= 11 is 0.702. The highest BCUT2D eigenvalue weighted by Gasteiger charge is 2.44. The van der Waals surface area contributed by atoms with Crippen molar-refractivity contribution in [1.29, 1.82) is 0 Å². The summed E-state index contributed by atoms with van der Waals surface area (Å²) in [6.45, 7) is -0.619. The Kier molecular flexibility index (Phi) is 8.03. The Balaban J connectivity index is 2.23. The highest BCUT2D eigenvalue weighted by molar-refractivity contribution is 8.14. The smallest absolute Gasteiger partial charge is 0.466 e. The standard InChI is InChI=1S/C15H21NO10S2/c1-24-9-4-2-3-8(5-9)6-11(16-26-28(21,22)23)27-15-14(20)13(19)12(18)10(7-17)25-15/h2-5,10,12-15,17-20H,6-7H2,1H3,(H,21,22,23)/b16-11-/t10-,12-,13+,14-,15+/m1/s1. The molecule has 1 heterocycles. The van der Waals surface area contributed by atoms with E-state index in [1.165, 1.54) is 7.11 Å². The summed E-state index contributed by atoms with van der Waals surface area (Å²) in [6, 6.07) is 6.73. The quantitative estimate of drug-likeness (QED) is 0.151. The number of nitrogens with zero attached hydrogens (tertiary/aromatic N) is 1. The molecule has 0 amide bonds. The van der Waals surface area contributed by atoms with Crippen LogP contribution in [0.3, 0.4) is 0 Å². The Morgan fingerprint density at radius 3 is 2.57 bits per heavy atom. The molecule has 1 aliphatic rings. The predicted octanol–water partition coefficient (Wildman–Crippen LogP) is -1.10. The van der Waals surface area contributed by atoms with Crippen molar-refractivity contribution in [3.8, 4) is 5.75 Å². The van der Waals surface area contributed by atoms with Gasteiger partial charge in [0.1, 0.15) is 40.6 Å². The van der Waals surface area contributed by atoms with Crippen molar-refractivity contribution in [2.45, 2.75) is 36.3 Å². The molecule has 0 aromatic heterocycles. The molecule has 2 rings (SSSR count). The SMILES string of the molecule is COc1cccc(C/C(=N/OS(=O)(=O)O)S[C@@H]2O[C@H](CO)[C@@H](O)[C@H](O)[C@H]2O)c1. The lowest BCUT2D eigenvalue weighted by atomic mass is 10.0. The van der Waals surface area contributed by atoms with E-state index in [2.05, 4.69) is 9.44 Å². The summed E-state index contributed by atoms with van der Waals surface area (Å²) in [5, 5.41) is 42.4. The zero-order valence-corrected chi connectivity index (χ0v) is 16.3. The molecule has 1 aromatic carbocycles. The molecule has 1 aliphatic heterocycles. The van der Waals surface area contributed by atoms with Gasteiger partial charge < -0.3 is 29.9 Å². The minimum Gasteiger partial charge on any atom is -0.497 e. The maximum atomic E-state index is 10.8. The number of aliphatic hydroxyl groups is 4. The van der Waals surface area contributed by atoms with Crippen LogP contribution in [0.2, 0.25) is 0 Å². The second-order valence-corrected chi connectivity index (χ2v) is 8.01. The fourth-order valence-electron chi connectivity index (χ4n) is 2.44. The molecule has 0 spiro atoms. The molecule has 0 radical (unpaired) electrons. The number of aliphatic hydroxyl groups excluding tert-OH is 4. The number of hydrogen-bond donors (Lipinski definition) is 5. The first-order valence-electron chi connectivity index (χ1n) is 7.97. The van der Waals surface area contributed by atoms with E-state index in [1.807, 2.05) is 0 Å². The maximum Gasteiger partial charge on any atom is 0.466 e. The van der Waals surface area contributed by atoms with Crippen LogP contribution in [0.15, 0.2) is 29.4 Å². The summed E-state index contributed by atoms with van der Waals surface area (Å²) in [4.78, 5) is 0. The Morgan fingerprint density at radius 2 is 1.96 bits per heavy atom. The fourth-order valence-corrected chi connectivity index (χ4v) is 3.77. The number of hydrogen-bond acceptors (Lipinski definition) is 11. The van der Waals surface area contributed by atoms with Crippen LogP contribution in [0.4, 0.5) is 0 Å². The summed E-state index contributed by atoms with van der Waals surface area (Å²) in [5.74, 6) is 0.533. The van der Waals surface area contributed by atoms with Gasteiger partial charge in [-0.2, -0.15) is 8.42 Å². The summed E-state index contributed by atoms with van der Waals surface area (Å²) < 4.78 is 45.0. The van der Waals surface area contributed by atoms with E-state index in [0.29, 0.717) is 23.1 Å². The lowest BCUT2D eigenvalue weighted by Gasteiger charge is -2.39. The normalized spacial score (nSPS) is 28.8. The number of thioether (sulfide) groups is 1. The van der Waals surface area contributed by atoms with E-state index in [1.54, 1.807) is 24.3 Å². The highest BCUT2D eigenvalue weighted by Crippen LogP contribution is 2.30. The zero-order valence-electron chi connectivity index (χ0n) is 14.7. The van der Waals surface area contributed by atoms with Gasteiger partial charge in [0.05, 0.1) is 13.7 Å². The third-order valence-corrected chi connectivity index (χ3v) is 5.20. The van der Waals surface area contributed by atoms with E-state index < -0.39 is 46.9 Å². The van der Waals surface area contributed by atoms with Crippen molar-refractivity contribution in [3.63, 3.8) is 0 Å². The number of rotatable bonds is 7. The minimum absolute atomic E-state index is 0.00636. The Hall–Kier alpha value is -1.45. The molecule has 28 heavy (non-hydrogen) atoms. The third-order valence-electron chi connectivity index (χ3n) is 3.82. The van der Waals surface area contributed by atoms with Crippen molar-refractivity contribution in [3.05, 3.63) is 29.8 Å². The second-order valence-electron chi connectivity index (χ2n) is 5.83. The van der Waals surface area contributed by atoms with Gasteiger partial charge in [-0.3, -0.25) is 4.55 Å². The van der Waals surface area contributed by atoms with Crippen LogP contribution in [0.5, 0.6) is 5.75 Å². The van der Waals surface area contributed by atoms with Gasteiger partial charge in [-0.25, -0.2) is 4.28 Å². The molecule has 0 bridgehead atoms. The first kappa shape index (κ1) is 22.8. The molecule has 0 unspecified atom stereocenters. The van der Waals surface area contributed by atoms with Crippen molar-refractivity contribution in [2.24, 2.45) is 5.16 Å². The fraction of sp³-hybridized carbons (Fsp3) is 0.533. The van der Waals surface area contributed by atoms with E-state index >= 15 is 0 Å². The van der Waals surface area contributed by atoms with Crippen LogP contribution < -0.4 is 4.74 Å².